The number of amides is 1. The summed E-state index contributed by atoms with van der Waals surface area (Å²) in [7, 11) is 0. The first kappa shape index (κ1) is 26.0. The summed E-state index contributed by atoms with van der Waals surface area (Å²) < 4.78 is 20.7. The lowest BCUT2D eigenvalue weighted by Crippen LogP contribution is -2.37. The Hall–Kier alpha value is -3.26. The minimum absolute atomic E-state index is 0.0548. The number of hydrogen-bond donors (Lipinski definition) is 0. The molecule has 7 nitrogen and oxygen atoms in total. The Labute approximate surface area is 233 Å². The second-order valence-corrected chi connectivity index (χ2v) is 11.4. The smallest absolute Gasteiger partial charge is 0.227 e. The number of nitrogens with zero attached hydrogens (tertiary/aromatic N) is 5. The van der Waals surface area contributed by atoms with Crippen molar-refractivity contribution < 1.29 is 13.9 Å². The van der Waals surface area contributed by atoms with E-state index < -0.39 is 0 Å². The number of anilines is 1. The molecule has 1 aliphatic carbocycles. The van der Waals surface area contributed by atoms with E-state index in [1.54, 1.807) is 35.6 Å². The Kier molecular flexibility index (Phi) is 7.64. The highest BCUT2D eigenvalue weighted by molar-refractivity contribution is 6.30. The topological polar surface area (TPSA) is 71.5 Å². The van der Waals surface area contributed by atoms with Crippen LogP contribution in [0.1, 0.15) is 42.4 Å². The summed E-state index contributed by atoms with van der Waals surface area (Å²) in [6.07, 6.45) is 12.3. The molecule has 2 fully saturated rings. The van der Waals surface area contributed by atoms with Crippen molar-refractivity contribution in [1.29, 1.82) is 0 Å². The number of piperidine rings is 1. The van der Waals surface area contributed by atoms with Crippen molar-refractivity contribution in [3.05, 3.63) is 76.6 Å². The average molecular weight is 550 g/mol. The van der Waals surface area contributed by atoms with E-state index in [4.69, 9.17) is 16.3 Å². The highest BCUT2D eigenvalue weighted by Crippen LogP contribution is 2.49. The van der Waals surface area contributed by atoms with Crippen LogP contribution in [0, 0.1) is 23.6 Å². The second-order valence-electron chi connectivity index (χ2n) is 11.0. The number of ether oxygens (including phenoxy) is 1. The van der Waals surface area contributed by atoms with E-state index in [0.29, 0.717) is 41.9 Å². The maximum atomic E-state index is 14.8. The van der Waals surface area contributed by atoms with Crippen molar-refractivity contribution >= 4 is 23.5 Å². The molecule has 204 valence electrons. The zero-order valence-corrected chi connectivity index (χ0v) is 22.7. The number of hydrogen-bond acceptors (Lipinski definition) is 6. The highest BCUT2D eigenvalue weighted by atomic mass is 35.5. The van der Waals surface area contributed by atoms with Gasteiger partial charge in [-0.2, -0.15) is 0 Å². The summed E-state index contributed by atoms with van der Waals surface area (Å²) in [5.74, 6) is 3.01. The van der Waals surface area contributed by atoms with Gasteiger partial charge in [-0.05, 0) is 78.7 Å². The summed E-state index contributed by atoms with van der Waals surface area (Å²) in [5, 5.41) is 0.559. The van der Waals surface area contributed by atoms with Gasteiger partial charge in [0.05, 0.1) is 30.4 Å². The van der Waals surface area contributed by atoms with Gasteiger partial charge in [0.25, 0.3) is 0 Å². The molecular formula is C30H33ClFN5O2. The van der Waals surface area contributed by atoms with Crippen molar-refractivity contribution in [2.75, 3.05) is 31.1 Å². The van der Waals surface area contributed by atoms with Crippen molar-refractivity contribution in [1.82, 2.24) is 19.9 Å². The molecule has 0 spiro atoms. The number of benzene rings is 1. The third-order valence-corrected chi connectivity index (χ3v) is 8.70. The zero-order valence-electron chi connectivity index (χ0n) is 21.9. The molecule has 39 heavy (non-hydrogen) atoms. The van der Waals surface area contributed by atoms with Crippen molar-refractivity contribution in [2.45, 2.75) is 45.1 Å². The largest absolute Gasteiger partial charge is 0.493 e. The molecule has 2 aliphatic heterocycles. The van der Waals surface area contributed by atoms with Crippen LogP contribution in [0.15, 0.2) is 49.1 Å². The first-order valence-electron chi connectivity index (χ1n) is 13.9. The molecule has 1 aromatic carbocycles. The molecule has 0 N–H and O–H groups in total. The number of carbonyl (C=O) groups is 1. The van der Waals surface area contributed by atoms with Gasteiger partial charge in [0.1, 0.15) is 11.6 Å². The normalized spacial score (nSPS) is 21.0. The monoisotopic (exact) mass is 549 g/mol. The van der Waals surface area contributed by atoms with Crippen LogP contribution in [0.2, 0.25) is 5.02 Å². The lowest BCUT2D eigenvalue weighted by atomic mass is 9.90. The molecule has 0 radical (unpaired) electrons. The predicted octanol–water partition coefficient (Wildman–Crippen LogP) is 5.11. The summed E-state index contributed by atoms with van der Waals surface area (Å²) in [6, 6.07) is 6.83. The average Bonchev–Trinajstić information content (AvgIpc) is 3.74. The lowest BCUT2D eigenvalue weighted by molar-refractivity contribution is -0.131. The molecule has 4 heterocycles. The molecule has 2 aromatic heterocycles. The van der Waals surface area contributed by atoms with Gasteiger partial charge in [0, 0.05) is 44.6 Å². The Morgan fingerprint density at radius 1 is 1.08 bits per heavy atom. The van der Waals surface area contributed by atoms with Crippen molar-refractivity contribution in [3.63, 3.8) is 0 Å². The predicted molar refractivity (Wildman–Crippen MR) is 147 cm³/mol. The second kappa shape index (κ2) is 11.5. The van der Waals surface area contributed by atoms with Gasteiger partial charge in [-0.1, -0.05) is 17.7 Å². The van der Waals surface area contributed by atoms with E-state index in [1.807, 2.05) is 12.3 Å². The standard InChI is InChI=1S/C30H33ClFN5O2/c31-25-17-34-30(35-18-25)36-9-4-20(5-10-36)27-13-21(27)7-12-39-26-2-1-22(28(32)15-26)14-29(38)37-11-6-23-16-33-8-3-24(23)19-37/h1-3,8,15-18,20-21,27H,4-7,9-14,19H2/t21-,27-/m1/s1. The van der Waals surface area contributed by atoms with Gasteiger partial charge in [-0.3, -0.25) is 9.78 Å². The van der Waals surface area contributed by atoms with Gasteiger partial charge in [0.15, 0.2) is 0 Å². The number of pyridine rings is 1. The molecule has 1 saturated carbocycles. The van der Waals surface area contributed by atoms with Gasteiger partial charge in [-0.15, -0.1) is 0 Å². The molecule has 9 heteroatoms. The van der Waals surface area contributed by atoms with Crippen LogP contribution in [0.3, 0.4) is 0 Å². The summed E-state index contributed by atoms with van der Waals surface area (Å²) >= 11 is 5.91. The number of fused-ring (bicyclic) bond motifs is 1. The molecule has 3 aromatic rings. The van der Waals surface area contributed by atoms with E-state index in [0.717, 1.165) is 62.1 Å². The van der Waals surface area contributed by atoms with E-state index in [1.165, 1.54) is 18.1 Å². The van der Waals surface area contributed by atoms with Crippen LogP contribution in [0.5, 0.6) is 5.75 Å². The Morgan fingerprint density at radius 2 is 1.90 bits per heavy atom. The Balaban J connectivity index is 0.924. The van der Waals surface area contributed by atoms with Crippen LogP contribution >= 0.6 is 11.6 Å². The van der Waals surface area contributed by atoms with E-state index >= 15 is 0 Å². The molecule has 1 amide bonds. The van der Waals surface area contributed by atoms with Crippen LogP contribution in [-0.4, -0.2) is 52.0 Å². The number of rotatable bonds is 8. The first-order valence-corrected chi connectivity index (χ1v) is 14.2. The zero-order chi connectivity index (χ0) is 26.8. The highest BCUT2D eigenvalue weighted by Gasteiger charge is 2.43. The van der Waals surface area contributed by atoms with Gasteiger partial charge in [0.2, 0.25) is 11.9 Å². The Bertz CT molecular complexity index is 1310. The summed E-state index contributed by atoms with van der Waals surface area (Å²) in [6.45, 7) is 3.72. The molecule has 0 unspecified atom stereocenters. The third kappa shape index (κ3) is 6.16. The van der Waals surface area contributed by atoms with Crippen LogP contribution in [-0.2, 0) is 24.2 Å². The number of carbonyl (C=O) groups excluding carboxylic acids is 1. The van der Waals surface area contributed by atoms with Crippen LogP contribution in [0.4, 0.5) is 10.3 Å². The fourth-order valence-corrected chi connectivity index (χ4v) is 6.23. The quantitative estimate of drug-likeness (QED) is 0.389. The maximum Gasteiger partial charge on any atom is 0.227 e. The molecule has 0 bridgehead atoms. The molecule has 6 rings (SSSR count). The van der Waals surface area contributed by atoms with E-state index in [9.17, 15) is 9.18 Å². The van der Waals surface area contributed by atoms with Gasteiger partial charge >= 0.3 is 0 Å². The number of aromatic nitrogens is 3. The van der Waals surface area contributed by atoms with E-state index in [2.05, 4.69) is 19.9 Å². The third-order valence-electron chi connectivity index (χ3n) is 8.51. The van der Waals surface area contributed by atoms with Gasteiger partial charge in [-0.25, -0.2) is 14.4 Å². The SMILES string of the molecule is O=C(Cc1ccc(OCC[C@@H]2C[C@@H]2C2CCN(c3ncc(Cl)cn3)CC2)cc1F)N1CCc2cnccc2C1. The molecule has 1 saturated heterocycles. The summed E-state index contributed by atoms with van der Waals surface area (Å²) in [4.78, 5) is 29.7. The fraction of sp³-hybridized carbons (Fsp3) is 0.467. The number of halogens is 2. The molecule has 3 aliphatic rings. The maximum absolute atomic E-state index is 14.8. The molecular weight excluding hydrogens is 517 g/mol. The summed E-state index contributed by atoms with van der Waals surface area (Å²) in [5.41, 5.74) is 2.71. The minimum atomic E-state index is -0.386. The van der Waals surface area contributed by atoms with Crippen molar-refractivity contribution in [2.24, 2.45) is 17.8 Å². The van der Waals surface area contributed by atoms with Crippen LogP contribution in [0.25, 0.3) is 0 Å². The Morgan fingerprint density at radius 3 is 2.69 bits per heavy atom. The van der Waals surface area contributed by atoms with Crippen LogP contribution < -0.4 is 9.64 Å². The van der Waals surface area contributed by atoms with Gasteiger partial charge < -0.3 is 14.5 Å². The fourth-order valence-electron chi connectivity index (χ4n) is 6.13. The minimum Gasteiger partial charge on any atom is -0.493 e. The lowest BCUT2D eigenvalue weighted by Gasteiger charge is -2.32. The first-order chi connectivity index (χ1) is 19.0. The molecule has 2 atom stereocenters. The van der Waals surface area contributed by atoms with E-state index in [-0.39, 0.29) is 18.1 Å². The van der Waals surface area contributed by atoms with Crippen molar-refractivity contribution in [3.8, 4) is 5.75 Å².